The Labute approximate surface area is 166 Å². The molecular formula is C20H24Cl2OTi. The smallest absolute Gasteiger partial charge is 0.147 e. The van der Waals surface area contributed by atoms with Crippen LogP contribution in [0.2, 0.25) is 0 Å². The molecule has 0 fully saturated rings. The number of benzene rings is 2. The van der Waals surface area contributed by atoms with Gasteiger partial charge in [0.15, 0.2) is 0 Å². The van der Waals surface area contributed by atoms with E-state index in [9.17, 15) is 0 Å². The van der Waals surface area contributed by atoms with Gasteiger partial charge in [0.05, 0.1) is 0 Å². The van der Waals surface area contributed by atoms with Crippen molar-refractivity contribution in [3.63, 3.8) is 0 Å². The molecule has 0 spiro atoms. The standard InChI is InChI=1S/C17H15.C3H7O.2ClH.Ti/c1-12-7-10-17(13(12)2)16-9-8-14-5-3-4-6-15(14)11-16;1-3(2)4;;;/h3-9H,10H2,1-2H3;3H,1-2H3;2*1H;/q;-1;;;+1. The fraction of sp³-hybridized carbons (Fsp3) is 0.300. The third-order valence-electron chi connectivity index (χ3n) is 4.31. The SMILES string of the molecule is CC1=CCC(c2ccc3ccccc3[c]2[Ti][O]C(C)C)=C1C.Cl.Cl. The number of rotatable bonds is 4. The van der Waals surface area contributed by atoms with E-state index in [0.29, 0.717) is 6.10 Å². The molecule has 1 aliphatic rings. The number of hydrogen-bond donors (Lipinski definition) is 0. The van der Waals surface area contributed by atoms with Crippen LogP contribution in [0, 0.1) is 0 Å². The van der Waals surface area contributed by atoms with Crippen molar-refractivity contribution < 1.29 is 22.9 Å². The molecule has 0 radical (unpaired) electrons. The predicted molar refractivity (Wildman–Crippen MR) is 105 cm³/mol. The van der Waals surface area contributed by atoms with Crippen molar-refractivity contribution in [3.8, 4) is 0 Å². The van der Waals surface area contributed by atoms with E-state index >= 15 is 0 Å². The number of allylic oxidation sites excluding steroid dienone is 4. The van der Waals surface area contributed by atoms with E-state index in [2.05, 4.69) is 70.2 Å². The summed E-state index contributed by atoms with van der Waals surface area (Å²) in [5.41, 5.74) is 5.74. The average Bonchev–Trinajstić information content (AvgIpc) is 2.84. The van der Waals surface area contributed by atoms with Crippen molar-refractivity contribution in [2.45, 2.75) is 40.2 Å². The van der Waals surface area contributed by atoms with Crippen LogP contribution in [0.25, 0.3) is 16.3 Å². The molecule has 0 aliphatic heterocycles. The van der Waals surface area contributed by atoms with Crippen LogP contribution in [-0.2, 0) is 22.9 Å². The molecule has 24 heavy (non-hydrogen) atoms. The van der Waals surface area contributed by atoms with Gasteiger partial charge in [-0.1, -0.05) is 0 Å². The fourth-order valence-electron chi connectivity index (χ4n) is 2.92. The van der Waals surface area contributed by atoms with Crippen LogP contribution in [0.3, 0.4) is 0 Å². The zero-order valence-corrected chi connectivity index (χ0v) is 17.7. The van der Waals surface area contributed by atoms with Gasteiger partial charge in [-0.25, -0.2) is 0 Å². The Balaban J connectivity index is 0.00000144. The van der Waals surface area contributed by atoms with Crippen LogP contribution in [0.5, 0.6) is 0 Å². The van der Waals surface area contributed by atoms with E-state index < -0.39 is 19.5 Å². The molecular weight excluding hydrogens is 375 g/mol. The van der Waals surface area contributed by atoms with Gasteiger partial charge in [0.2, 0.25) is 0 Å². The van der Waals surface area contributed by atoms with Crippen LogP contribution in [-0.4, -0.2) is 6.10 Å². The van der Waals surface area contributed by atoms with Crippen molar-refractivity contribution in [2.75, 3.05) is 0 Å². The molecule has 0 saturated heterocycles. The molecule has 1 aliphatic carbocycles. The monoisotopic (exact) mass is 398 g/mol. The second kappa shape index (κ2) is 9.22. The Morgan fingerprint density at radius 3 is 2.33 bits per heavy atom. The summed E-state index contributed by atoms with van der Waals surface area (Å²) in [5, 5.41) is 2.68. The summed E-state index contributed by atoms with van der Waals surface area (Å²) in [6.45, 7) is 8.71. The van der Waals surface area contributed by atoms with Gasteiger partial charge in [-0.05, 0) is 0 Å². The minimum Gasteiger partial charge on any atom is -0.147 e. The molecule has 0 amide bonds. The van der Waals surface area contributed by atoms with Gasteiger partial charge in [-0.2, -0.15) is 0 Å². The molecule has 0 heterocycles. The van der Waals surface area contributed by atoms with Gasteiger partial charge in [0.25, 0.3) is 0 Å². The Bertz CT molecular complexity index is 778. The van der Waals surface area contributed by atoms with Crippen molar-refractivity contribution in [3.05, 3.63) is 59.2 Å². The third kappa shape index (κ3) is 4.34. The number of hydrogen-bond acceptors (Lipinski definition) is 1. The summed E-state index contributed by atoms with van der Waals surface area (Å²) < 4.78 is 7.53. The first-order valence-corrected chi connectivity index (χ1v) is 9.30. The maximum atomic E-state index is 6.08. The summed E-state index contributed by atoms with van der Waals surface area (Å²) in [5.74, 6) is 0. The summed E-state index contributed by atoms with van der Waals surface area (Å²) >= 11 is -0.599. The predicted octanol–water partition coefficient (Wildman–Crippen LogP) is 5.85. The van der Waals surface area contributed by atoms with E-state index in [1.54, 1.807) is 0 Å². The van der Waals surface area contributed by atoms with Gasteiger partial charge >= 0.3 is 142 Å². The number of halogens is 2. The number of fused-ring (bicyclic) bond motifs is 1. The third-order valence-corrected chi connectivity index (χ3v) is 6.39. The molecule has 128 valence electrons. The van der Waals surface area contributed by atoms with E-state index in [1.807, 2.05) is 0 Å². The molecule has 0 atom stereocenters. The Morgan fingerprint density at radius 2 is 1.71 bits per heavy atom. The van der Waals surface area contributed by atoms with Gasteiger partial charge in [-0.3, -0.25) is 0 Å². The molecule has 2 aromatic rings. The normalized spacial score (nSPS) is 13.6. The van der Waals surface area contributed by atoms with Crippen molar-refractivity contribution in [2.24, 2.45) is 0 Å². The van der Waals surface area contributed by atoms with E-state index in [4.69, 9.17) is 3.32 Å². The summed E-state index contributed by atoms with van der Waals surface area (Å²) in [6, 6.07) is 13.2. The van der Waals surface area contributed by atoms with Crippen LogP contribution < -0.4 is 3.87 Å². The van der Waals surface area contributed by atoms with Crippen LogP contribution in [0.1, 0.15) is 39.7 Å². The van der Waals surface area contributed by atoms with Gasteiger partial charge in [0, 0.05) is 0 Å². The van der Waals surface area contributed by atoms with Crippen molar-refractivity contribution in [1.82, 2.24) is 0 Å². The van der Waals surface area contributed by atoms with E-state index in [0.717, 1.165) is 6.42 Å². The van der Waals surface area contributed by atoms with Gasteiger partial charge in [-0.15, -0.1) is 24.8 Å². The van der Waals surface area contributed by atoms with Crippen LogP contribution in [0.4, 0.5) is 0 Å². The minimum atomic E-state index is -0.599. The zero-order chi connectivity index (χ0) is 15.7. The molecule has 0 unspecified atom stereocenters. The van der Waals surface area contributed by atoms with Crippen LogP contribution in [0.15, 0.2) is 53.6 Å². The first-order valence-electron chi connectivity index (χ1n) is 7.88. The summed E-state index contributed by atoms with van der Waals surface area (Å²) in [6.07, 6.45) is 3.69. The molecule has 4 heteroatoms. The molecule has 2 aromatic carbocycles. The average molecular weight is 399 g/mol. The maximum absolute atomic E-state index is 6.08. The first kappa shape index (κ1) is 21.5. The molecule has 0 aromatic heterocycles. The molecule has 3 rings (SSSR count). The van der Waals surface area contributed by atoms with Gasteiger partial charge in [0.1, 0.15) is 0 Å². The van der Waals surface area contributed by atoms with Crippen molar-refractivity contribution in [1.29, 1.82) is 0 Å². The molecule has 1 nitrogen and oxygen atoms in total. The quantitative estimate of drug-likeness (QED) is 0.586. The Kier molecular flexibility index (Phi) is 8.25. The Morgan fingerprint density at radius 1 is 1.00 bits per heavy atom. The maximum Gasteiger partial charge on any atom is -0.147 e. The molecule has 0 N–H and O–H groups in total. The Hall–Kier alpha value is -0.566. The van der Waals surface area contributed by atoms with Crippen LogP contribution >= 0.6 is 24.8 Å². The summed E-state index contributed by atoms with van der Waals surface area (Å²) in [7, 11) is 0. The van der Waals surface area contributed by atoms with Gasteiger partial charge < -0.3 is 0 Å². The molecule has 0 saturated carbocycles. The second-order valence-corrected chi connectivity index (χ2v) is 7.64. The first-order chi connectivity index (χ1) is 10.6. The van der Waals surface area contributed by atoms with Crippen molar-refractivity contribution >= 4 is 45.0 Å². The van der Waals surface area contributed by atoms with E-state index in [-0.39, 0.29) is 24.8 Å². The molecule has 0 bridgehead atoms. The largest absolute Gasteiger partial charge is 0.147 e. The topological polar surface area (TPSA) is 9.23 Å². The second-order valence-electron chi connectivity index (χ2n) is 6.17. The minimum absolute atomic E-state index is 0. The zero-order valence-electron chi connectivity index (χ0n) is 14.6. The van der Waals surface area contributed by atoms with E-state index in [1.165, 1.54) is 36.9 Å². The summed E-state index contributed by atoms with van der Waals surface area (Å²) in [4.78, 5) is 0. The fourth-order valence-corrected chi connectivity index (χ4v) is 4.54.